The van der Waals surface area contributed by atoms with Crippen molar-refractivity contribution in [2.24, 2.45) is 0 Å². The Kier molecular flexibility index (Phi) is 3.62. The zero-order chi connectivity index (χ0) is 13.0. The topological polar surface area (TPSA) is 59.1 Å². The molecule has 1 aromatic carbocycles. The van der Waals surface area contributed by atoms with E-state index in [0.29, 0.717) is 5.82 Å². The molecule has 0 fully saturated rings. The fraction of sp³-hybridized carbons (Fsp3) is 0.231. The quantitative estimate of drug-likeness (QED) is 0.865. The first-order valence-electron chi connectivity index (χ1n) is 5.64. The Morgan fingerprint density at radius 3 is 2.67 bits per heavy atom. The third-order valence-corrected chi connectivity index (χ3v) is 2.60. The van der Waals surface area contributed by atoms with Crippen molar-refractivity contribution in [3.8, 4) is 5.75 Å². The molecule has 0 aliphatic rings. The third-order valence-electron chi connectivity index (χ3n) is 2.60. The van der Waals surface area contributed by atoms with Gasteiger partial charge in [-0.05, 0) is 18.6 Å². The van der Waals surface area contributed by atoms with Gasteiger partial charge in [-0.25, -0.2) is 4.98 Å². The lowest BCUT2D eigenvalue weighted by Crippen LogP contribution is -2.00. The van der Waals surface area contributed by atoms with Crippen molar-refractivity contribution >= 4 is 17.3 Å². The minimum absolute atomic E-state index is 0.693. The number of anilines is 3. The molecule has 2 rings (SSSR count). The molecule has 0 bridgehead atoms. The van der Waals surface area contributed by atoms with E-state index in [-0.39, 0.29) is 0 Å². The Balaban J connectivity index is 2.27. The standard InChI is InChI=1S/C13H16N4O/c1-9-4-5-10(18-3)6-11(9)16-13-8-15-7-12(14-2)17-13/h4-8H,1-3H3,(H2,14,16,17). The van der Waals surface area contributed by atoms with Gasteiger partial charge in [0.2, 0.25) is 0 Å². The van der Waals surface area contributed by atoms with Gasteiger partial charge >= 0.3 is 0 Å². The molecule has 5 nitrogen and oxygen atoms in total. The van der Waals surface area contributed by atoms with Gasteiger partial charge in [0, 0.05) is 18.8 Å². The number of rotatable bonds is 4. The molecule has 0 aliphatic carbocycles. The van der Waals surface area contributed by atoms with Gasteiger partial charge in [0.05, 0.1) is 19.5 Å². The summed E-state index contributed by atoms with van der Waals surface area (Å²) in [4.78, 5) is 8.46. The van der Waals surface area contributed by atoms with Crippen molar-refractivity contribution in [3.63, 3.8) is 0 Å². The minimum Gasteiger partial charge on any atom is -0.497 e. The summed E-state index contributed by atoms with van der Waals surface area (Å²) >= 11 is 0. The molecule has 5 heteroatoms. The lowest BCUT2D eigenvalue weighted by atomic mass is 10.2. The highest BCUT2D eigenvalue weighted by Gasteiger charge is 2.03. The minimum atomic E-state index is 0.693. The van der Waals surface area contributed by atoms with Crippen molar-refractivity contribution in [2.45, 2.75) is 6.92 Å². The number of hydrogen-bond acceptors (Lipinski definition) is 5. The second kappa shape index (κ2) is 5.35. The Hall–Kier alpha value is -2.30. The highest BCUT2D eigenvalue weighted by Crippen LogP contribution is 2.24. The summed E-state index contributed by atoms with van der Waals surface area (Å²) in [6.45, 7) is 2.02. The molecule has 1 aromatic heterocycles. The maximum atomic E-state index is 5.20. The molecule has 0 amide bonds. The summed E-state index contributed by atoms with van der Waals surface area (Å²) < 4.78 is 5.20. The Bertz CT molecular complexity index is 542. The SMILES string of the molecule is CNc1cncc(Nc2cc(OC)ccc2C)n1. The van der Waals surface area contributed by atoms with Crippen LogP contribution in [0.5, 0.6) is 5.75 Å². The highest BCUT2D eigenvalue weighted by atomic mass is 16.5. The van der Waals surface area contributed by atoms with Crippen LogP contribution in [0, 0.1) is 6.92 Å². The molecular formula is C13H16N4O. The molecular weight excluding hydrogens is 228 g/mol. The average molecular weight is 244 g/mol. The maximum absolute atomic E-state index is 5.20. The number of methoxy groups -OCH3 is 1. The molecule has 0 unspecified atom stereocenters. The van der Waals surface area contributed by atoms with E-state index in [9.17, 15) is 0 Å². The molecule has 2 N–H and O–H groups in total. The second-order valence-corrected chi connectivity index (χ2v) is 3.85. The van der Waals surface area contributed by atoms with Crippen LogP contribution in [0.1, 0.15) is 5.56 Å². The number of aryl methyl sites for hydroxylation is 1. The number of nitrogens with zero attached hydrogens (tertiary/aromatic N) is 2. The predicted octanol–water partition coefficient (Wildman–Crippen LogP) is 2.58. The average Bonchev–Trinajstić information content (AvgIpc) is 2.41. The zero-order valence-electron chi connectivity index (χ0n) is 10.7. The number of nitrogens with one attached hydrogen (secondary N) is 2. The van der Waals surface area contributed by atoms with Crippen LogP contribution in [-0.4, -0.2) is 24.1 Å². The van der Waals surface area contributed by atoms with Crippen molar-refractivity contribution in [2.75, 3.05) is 24.8 Å². The molecule has 1 heterocycles. The van der Waals surface area contributed by atoms with Crippen molar-refractivity contribution < 1.29 is 4.74 Å². The zero-order valence-corrected chi connectivity index (χ0v) is 10.7. The second-order valence-electron chi connectivity index (χ2n) is 3.85. The number of aromatic nitrogens is 2. The van der Waals surface area contributed by atoms with Crippen LogP contribution in [0.3, 0.4) is 0 Å². The van der Waals surface area contributed by atoms with Crippen LogP contribution in [-0.2, 0) is 0 Å². The summed E-state index contributed by atoms with van der Waals surface area (Å²) in [5, 5.41) is 6.18. The summed E-state index contributed by atoms with van der Waals surface area (Å²) in [5.41, 5.74) is 2.07. The number of hydrogen-bond donors (Lipinski definition) is 2. The first-order valence-corrected chi connectivity index (χ1v) is 5.64. The molecule has 0 atom stereocenters. The first kappa shape index (κ1) is 12.2. The molecule has 0 saturated carbocycles. The smallest absolute Gasteiger partial charge is 0.151 e. The fourth-order valence-electron chi connectivity index (χ4n) is 1.55. The van der Waals surface area contributed by atoms with Gasteiger partial charge in [-0.3, -0.25) is 4.98 Å². The van der Waals surface area contributed by atoms with Gasteiger partial charge in [-0.2, -0.15) is 0 Å². The molecule has 0 saturated heterocycles. The monoisotopic (exact) mass is 244 g/mol. The van der Waals surface area contributed by atoms with Crippen LogP contribution < -0.4 is 15.4 Å². The summed E-state index contributed by atoms with van der Waals surface area (Å²) in [7, 11) is 3.46. The Morgan fingerprint density at radius 1 is 1.17 bits per heavy atom. The van der Waals surface area contributed by atoms with Gasteiger partial charge < -0.3 is 15.4 Å². The number of benzene rings is 1. The normalized spacial score (nSPS) is 9.94. The van der Waals surface area contributed by atoms with Gasteiger partial charge in [0.1, 0.15) is 11.6 Å². The molecule has 0 radical (unpaired) electrons. The Labute approximate surface area is 106 Å². The molecule has 18 heavy (non-hydrogen) atoms. The van der Waals surface area contributed by atoms with E-state index in [1.54, 1.807) is 19.5 Å². The van der Waals surface area contributed by atoms with Crippen LogP contribution in [0.25, 0.3) is 0 Å². The summed E-state index contributed by atoms with van der Waals surface area (Å²) in [6, 6.07) is 5.86. The first-order chi connectivity index (χ1) is 8.72. The maximum Gasteiger partial charge on any atom is 0.151 e. The van der Waals surface area contributed by atoms with Crippen molar-refractivity contribution in [1.82, 2.24) is 9.97 Å². The van der Waals surface area contributed by atoms with Crippen LogP contribution in [0.15, 0.2) is 30.6 Å². The van der Waals surface area contributed by atoms with E-state index in [0.717, 1.165) is 22.8 Å². The Morgan fingerprint density at radius 2 is 1.94 bits per heavy atom. The van der Waals surface area contributed by atoms with E-state index >= 15 is 0 Å². The molecule has 0 aliphatic heterocycles. The van der Waals surface area contributed by atoms with Gasteiger partial charge in [0.25, 0.3) is 0 Å². The third kappa shape index (κ3) is 2.68. The van der Waals surface area contributed by atoms with Gasteiger partial charge in [0.15, 0.2) is 5.82 Å². The van der Waals surface area contributed by atoms with Gasteiger partial charge in [-0.1, -0.05) is 6.07 Å². The van der Waals surface area contributed by atoms with Gasteiger partial charge in [-0.15, -0.1) is 0 Å². The largest absolute Gasteiger partial charge is 0.497 e. The predicted molar refractivity (Wildman–Crippen MR) is 72.6 cm³/mol. The number of ether oxygens (including phenoxy) is 1. The fourth-order valence-corrected chi connectivity index (χ4v) is 1.55. The lowest BCUT2D eigenvalue weighted by Gasteiger charge is -2.11. The van der Waals surface area contributed by atoms with Crippen LogP contribution in [0.4, 0.5) is 17.3 Å². The van der Waals surface area contributed by atoms with Crippen molar-refractivity contribution in [1.29, 1.82) is 0 Å². The summed E-state index contributed by atoms with van der Waals surface area (Å²) in [5.74, 6) is 2.22. The van der Waals surface area contributed by atoms with E-state index in [1.165, 1.54) is 0 Å². The van der Waals surface area contributed by atoms with E-state index in [4.69, 9.17) is 4.74 Å². The summed E-state index contributed by atoms with van der Waals surface area (Å²) in [6.07, 6.45) is 3.35. The van der Waals surface area contributed by atoms with E-state index in [1.807, 2.05) is 32.2 Å². The van der Waals surface area contributed by atoms with E-state index in [2.05, 4.69) is 20.6 Å². The van der Waals surface area contributed by atoms with Crippen molar-refractivity contribution in [3.05, 3.63) is 36.2 Å². The van der Waals surface area contributed by atoms with Crippen LogP contribution >= 0.6 is 0 Å². The molecule has 94 valence electrons. The lowest BCUT2D eigenvalue weighted by molar-refractivity contribution is 0.415. The molecule has 0 spiro atoms. The highest BCUT2D eigenvalue weighted by molar-refractivity contribution is 5.62. The van der Waals surface area contributed by atoms with Crippen LogP contribution in [0.2, 0.25) is 0 Å². The molecule has 2 aromatic rings. The van der Waals surface area contributed by atoms with E-state index < -0.39 is 0 Å².